The van der Waals surface area contributed by atoms with Crippen molar-refractivity contribution < 1.29 is 14.3 Å². The number of benzene rings is 2. The number of nitrogens with zero attached hydrogens (tertiary/aromatic N) is 3. The number of hydrogen-bond donors (Lipinski definition) is 3. The van der Waals surface area contributed by atoms with Gasteiger partial charge in [-0.15, -0.1) is 11.3 Å². The second kappa shape index (κ2) is 8.65. The van der Waals surface area contributed by atoms with E-state index in [9.17, 15) is 4.79 Å². The molecule has 1 amide bonds. The SMILES string of the molecule is C=CC(=O)Nc1ccc(-c2c(-c3cc4cc(N)cc(OC)c4s3)c3c(N)ncnn3c2OC)cc1. The van der Waals surface area contributed by atoms with E-state index in [-0.39, 0.29) is 5.91 Å². The summed E-state index contributed by atoms with van der Waals surface area (Å²) in [6, 6.07) is 13.2. The molecule has 0 saturated carbocycles. The van der Waals surface area contributed by atoms with E-state index in [0.717, 1.165) is 31.7 Å². The van der Waals surface area contributed by atoms with Crippen LogP contribution in [0.15, 0.2) is 61.4 Å². The zero-order valence-corrected chi connectivity index (χ0v) is 19.8. The number of nitrogen functional groups attached to an aromatic ring is 2. The van der Waals surface area contributed by atoms with E-state index in [1.54, 1.807) is 36.1 Å². The van der Waals surface area contributed by atoms with Crippen molar-refractivity contribution in [2.45, 2.75) is 0 Å². The van der Waals surface area contributed by atoms with Crippen LogP contribution in [0.2, 0.25) is 0 Å². The lowest BCUT2D eigenvalue weighted by molar-refractivity contribution is -0.111. The Kier molecular flexibility index (Phi) is 5.50. The number of ether oxygens (including phenoxy) is 2. The number of rotatable bonds is 6. The number of anilines is 3. The first kappa shape index (κ1) is 22.2. The standard InChI is InChI=1S/C25H22N6O3S/c1-4-19(32)30-16-7-5-13(6-8-16)20-21(22-24(27)28-12-29-31(22)25(20)34-3)18-10-14-9-15(26)11-17(33-2)23(14)35-18/h4-12H,1,26H2,2-3H3,(H,30,32)(H2,27,28,29). The molecule has 9 nitrogen and oxygen atoms in total. The molecule has 176 valence electrons. The van der Waals surface area contributed by atoms with Crippen molar-refractivity contribution in [2.75, 3.05) is 31.0 Å². The molecular weight excluding hydrogens is 464 g/mol. The van der Waals surface area contributed by atoms with Crippen LogP contribution >= 0.6 is 11.3 Å². The minimum absolute atomic E-state index is 0.285. The lowest BCUT2D eigenvalue weighted by atomic mass is 10.0. The number of nitrogens with one attached hydrogen (secondary N) is 1. The largest absolute Gasteiger partial charge is 0.495 e. The van der Waals surface area contributed by atoms with Crippen LogP contribution in [0.25, 0.3) is 37.2 Å². The molecule has 5 N–H and O–H groups in total. The number of methoxy groups -OCH3 is 2. The average Bonchev–Trinajstić information content (AvgIpc) is 3.43. The maximum atomic E-state index is 11.7. The molecule has 5 aromatic rings. The summed E-state index contributed by atoms with van der Waals surface area (Å²) in [6.45, 7) is 3.49. The Labute approximate surface area is 204 Å². The van der Waals surface area contributed by atoms with Gasteiger partial charge >= 0.3 is 0 Å². The Morgan fingerprint density at radius 3 is 2.57 bits per heavy atom. The Hall–Kier alpha value is -4.57. The fourth-order valence-corrected chi connectivity index (χ4v) is 5.30. The van der Waals surface area contributed by atoms with Crippen LogP contribution in [0.5, 0.6) is 11.6 Å². The van der Waals surface area contributed by atoms with Crippen LogP contribution < -0.4 is 26.3 Å². The topological polar surface area (TPSA) is 130 Å². The summed E-state index contributed by atoms with van der Waals surface area (Å²) in [5.41, 5.74) is 16.8. The second-order valence-electron chi connectivity index (χ2n) is 7.69. The van der Waals surface area contributed by atoms with Crippen LogP contribution in [0.3, 0.4) is 0 Å². The van der Waals surface area contributed by atoms with E-state index in [2.05, 4.69) is 22.0 Å². The molecule has 0 bridgehead atoms. The summed E-state index contributed by atoms with van der Waals surface area (Å²) < 4.78 is 14.0. The van der Waals surface area contributed by atoms with Gasteiger partial charge in [0.05, 0.1) is 24.5 Å². The van der Waals surface area contributed by atoms with Gasteiger partial charge in [-0.2, -0.15) is 9.61 Å². The molecule has 35 heavy (non-hydrogen) atoms. The molecule has 0 aliphatic heterocycles. The first-order valence-corrected chi connectivity index (χ1v) is 11.4. The lowest BCUT2D eigenvalue weighted by Crippen LogP contribution is -2.06. The van der Waals surface area contributed by atoms with Gasteiger partial charge in [-0.3, -0.25) is 4.79 Å². The fraction of sp³-hybridized carbons (Fsp3) is 0.0800. The average molecular weight is 487 g/mol. The van der Waals surface area contributed by atoms with Crippen LogP contribution in [0, 0.1) is 0 Å². The van der Waals surface area contributed by atoms with Gasteiger partial charge in [-0.1, -0.05) is 18.7 Å². The molecular formula is C25H22N6O3S. The molecule has 0 spiro atoms. The molecule has 5 rings (SSSR count). The third kappa shape index (κ3) is 3.69. The number of hydrogen-bond acceptors (Lipinski definition) is 8. The predicted molar refractivity (Wildman–Crippen MR) is 140 cm³/mol. The van der Waals surface area contributed by atoms with E-state index in [1.165, 1.54) is 12.4 Å². The quantitative estimate of drug-likeness (QED) is 0.236. The molecule has 0 fully saturated rings. The summed E-state index contributed by atoms with van der Waals surface area (Å²) in [6.07, 6.45) is 2.61. The Morgan fingerprint density at radius 2 is 1.89 bits per heavy atom. The van der Waals surface area contributed by atoms with Crippen molar-refractivity contribution >= 4 is 50.0 Å². The lowest BCUT2D eigenvalue weighted by Gasteiger charge is -2.08. The van der Waals surface area contributed by atoms with Gasteiger partial charge in [0.1, 0.15) is 17.6 Å². The summed E-state index contributed by atoms with van der Waals surface area (Å²) in [4.78, 5) is 16.8. The van der Waals surface area contributed by atoms with E-state index in [4.69, 9.17) is 20.9 Å². The van der Waals surface area contributed by atoms with Gasteiger partial charge in [-0.05, 0) is 41.3 Å². The minimum atomic E-state index is -0.285. The number of thiophene rings is 1. The highest BCUT2D eigenvalue weighted by molar-refractivity contribution is 7.22. The highest BCUT2D eigenvalue weighted by atomic mass is 32.1. The second-order valence-corrected chi connectivity index (χ2v) is 8.74. The smallest absolute Gasteiger partial charge is 0.247 e. The van der Waals surface area contributed by atoms with E-state index in [0.29, 0.717) is 34.3 Å². The van der Waals surface area contributed by atoms with E-state index >= 15 is 0 Å². The van der Waals surface area contributed by atoms with Crippen LogP contribution in [0.4, 0.5) is 17.2 Å². The van der Waals surface area contributed by atoms with Crippen LogP contribution in [-0.4, -0.2) is 34.7 Å². The molecule has 0 radical (unpaired) electrons. The molecule has 0 unspecified atom stereocenters. The van der Waals surface area contributed by atoms with Crippen molar-refractivity contribution in [3.8, 4) is 33.2 Å². The number of carbonyl (C=O) groups excluding carboxylic acids is 1. The summed E-state index contributed by atoms with van der Waals surface area (Å²) in [5, 5.41) is 8.11. The summed E-state index contributed by atoms with van der Waals surface area (Å²) >= 11 is 1.55. The number of carbonyl (C=O) groups is 1. The molecule has 0 aliphatic carbocycles. The monoisotopic (exact) mass is 486 g/mol. The molecule has 0 aliphatic rings. The minimum Gasteiger partial charge on any atom is -0.495 e. The highest BCUT2D eigenvalue weighted by Crippen LogP contribution is 2.49. The number of amides is 1. The van der Waals surface area contributed by atoms with Gasteiger partial charge in [0.25, 0.3) is 0 Å². The molecule has 0 atom stereocenters. The summed E-state index contributed by atoms with van der Waals surface area (Å²) in [5.74, 6) is 1.24. The maximum Gasteiger partial charge on any atom is 0.247 e. The zero-order chi connectivity index (χ0) is 24.7. The summed E-state index contributed by atoms with van der Waals surface area (Å²) in [7, 11) is 3.20. The van der Waals surface area contributed by atoms with Crippen molar-refractivity contribution in [3.05, 3.63) is 61.4 Å². The van der Waals surface area contributed by atoms with E-state index < -0.39 is 0 Å². The van der Waals surface area contributed by atoms with E-state index in [1.807, 2.05) is 36.4 Å². The van der Waals surface area contributed by atoms with Gasteiger partial charge in [0.2, 0.25) is 11.8 Å². The Balaban J connectivity index is 1.80. The third-order valence-electron chi connectivity index (χ3n) is 5.60. The van der Waals surface area contributed by atoms with Crippen LogP contribution in [-0.2, 0) is 4.79 Å². The first-order valence-electron chi connectivity index (χ1n) is 10.6. The molecule has 10 heteroatoms. The van der Waals surface area contributed by atoms with Gasteiger partial charge in [0, 0.05) is 27.9 Å². The Bertz CT molecular complexity index is 1600. The predicted octanol–water partition coefficient (Wildman–Crippen LogP) is 4.58. The first-order chi connectivity index (χ1) is 16.9. The highest BCUT2D eigenvalue weighted by Gasteiger charge is 2.26. The maximum absolute atomic E-state index is 11.7. The van der Waals surface area contributed by atoms with Gasteiger partial charge in [0.15, 0.2) is 5.82 Å². The van der Waals surface area contributed by atoms with Crippen molar-refractivity contribution in [1.29, 1.82) is 0 Å². The van der Waals surface area contributed by atoms with Gasteiger partial charge < -0.3 is 26.3 Å². The fourth-order valence-electron chi connectivity index (χ4n) is 4.11. The normalized spacial score (nSPS) is 11.0. The van der Waals surface area contributed by atoms with Crippen LogP contribution in [0.1, 0.15) is 0 Å². The van der Waals surface area contributed by atoms with Gasteiger partial charge in [-0.25, -0.2) is 4.98 Å². The van der Waals surface area contributed by atoms with Crippen molar-refractivity contribution in [1.82, 2.24) is 14.6 Å². The zero-order valence-electron chi connectivity index (χ0n) is 19.0. The molecule has 0 saturated heterocycles. The molecule has 3 aromatic heterocycles. The molecule has 2 aromatic carbocycles. The third-order valence-corrected chi connectivity index (χ3v) is 6.78. The van der Waals surface area contributed by atoms with Crippen molar-refractivity contribution in [2.24, 2.45) is 0 Å². The number of aromatic nitrogens is 3. The number of nitrogens with two attached hydrogens (primary N) is 2. The Morgan fingerprint density at radius 1 is 1.11 bits per heavy atom. The van der Waals surface area contributed by atoms with Crippen molar-refractivity contribution in [3.63, 3.8) is 0 Å². The number of fused-ring (bicyclic) bond motifs is 2. The molecule has 3 heterocycles.